The van der Waals surface area contributed by atoms with Crippen molar-refractivity contribution in [1.29, 1.82) is 0 Å². The van der Waals surface area contributed by atoms with E-state index in [1.54, 1.807) is 0 Å². The molecule has 0 bridgehead atoms. The second-order valence-corrected chi connectivity index (χ2v) is 6.91. The highest BCUT2D eigenvalue weighted by Gasteiger charge is 2.26. The van der Waals surface area contributed by atoms with E-state index < -0.39 is 0 Å². The highest BCUT2D eigenvalue weighted by atomic mass is 16.6. The van der Waals surface area contributed by atoms with E-state index in [0.29, 0.717) is 17.9 Å². The van der Waals surface area contributed by atoms with E-state index in [1.165, 1.54) is 5.56 Å². The fourth-order valence-corrected chi connectivity index (χ4v) is 3.48. The van der Waals surface area contributed by atoms with Gasteiger partial charge in [-0.2, -0.15) is 0 Å². The van der Waals surface area contributed by atoms with Crippen LogP contribution in [0.1, 0.15) is 44.2 Å². The van der Waals surface area contributed by atoms with E-state index in [1.807, 2.05) is 19.1 Å². The molecule has 0 aromatic heterocycles. The van der Waals surface area contributed by atoms with E-state index in [4.69, 9.17) is 26.2 Å². The second kappa shape index (κ2) is 7.51. The SMILES string of the molecule is C[C@@H]1C[C@H](N=C(N)c2ccc3c(c2)CC[C@H]([C@H](C)ON)O3)CCN1. The number of nitrogens with two attached hydrogens (primary N) is 2. The molecule has 24 heavy (non-hydrogen) atoms. The predicted octanol–water partition coefficient (Wildman–Crippen LogP) is 1.50. The van der Waals surface area contributed by atoms with Gasteiger partial charge in [-0.15, -0.1) is 0 Å². The van der Waals surface area contributed by atoms with Crippen molar-refractivity contribution in [1.82, 2.24) is 5.32 Å². The number of ether oxygens (including phenoxy) is 1. The average Bonchev–Trinajstić information content (AvgIpc) is 2.60. The summed E-state index contributed by atoms with van der Waals surface area (Å²) in [5.41, 5.74) is 8.40. The highest BCUT2D eigenvalue weighted by molar-refractivity contribution is 5.98. The Morgan fingerprint density at radius 3 is 3.00 bits per heavy atom. The number of amidine groups is 1. The molecular weight excluding hydrogens is 304 g/mol. The number of aryl methyl sites for hydroxylation is 1. The van der Waals surface area contributed by atoms with Gasteiger partial charge in [-0.05, 0) is 69.8 Å². The van der Waals surface area contributed by atoms with Crippen molar-refractivity contribution in [2.75, 3.05) is 6.54 Å². The van der Waals surface area contributed by atoms with Crippen molar-refractivity contribution in [2.24, 2.45) is 16.6 Å². The van der Waals surface area contributed by atoms with Gasteiger partial charge in [0.1, 0.15) is 23.8 Å². The van der Waals surface area contributed by atoms with Crippen LogP contribution >= 0.6 is 0 Å². The molecule has 6 heteroatoms. The monoisotopic (exact) mass is 332 g/mol. The molecule has 0 aliphatic carbocycles. The maximum Gasteiger partial charge on any atom is 0.127 e. The Bertz CT molecular complexity index is 605. The number of rotatable bonds is 4. The van der Waals surface area contributed by atoms with Gasteiger partial charge in [0.2, 0.25) is 0 Å². The fourth-order valence-electron chi connectivity index (χ4n) is 3.48. The molecule has 1 aromatic rings. The summed E-state index contributed by atoms with van der Waals surface area (Å²) in [6.07, 6.45) is 3.77. The number of hydrogen-bond acceptors (Lipinski definition) is 5. The number of nitrogens with zero attached hydrogens (tertiary/aromatic N) is 1. The molecule has 132 valence electrons. The molecule has 5 N–H and O–H groups in total. The summed E-state index contributed by atoms with van der Waals surface area (Å²) < 4.78 is 5.99. The zero-order valence-electron chi connectivity index (χ0n) is 14.5. The Morgan fingerprint density at radius 1 is 1.42 bits per heavy atom. The Kier molecular flexibility index (Phi) is 5.38. The Hall–Kier alpha value is -1.63. The summed E-state index contributed by atoms with van der Waals surface area (Å²) in [5.74, 6) is 6.78. The molecule has 6 nitrogen and oxygen atoms in total. The second-order valence-electron chi connectivity index (χ2n) is 6.91. The highest BCUT2D eigenvalue weighted by Crippen LogP contribution is 2.30. The van der Waals surface area contributed by atoms with Crippen molar-refractivity contribution in [3.63, 3.8) is 0 Å². The fraction of sp³-hybridized carbons (Fsp3) is 0.611. The molecule has 0 amide bonds. The molecule has 0 spiro atoms. The van der Waals surface area contributed by atoms with Crippen molar-refractivity contribution in [2.45, 2.75) is 63.8 Å². The maximum absolute atomic E-state index is 6.25. The summed E-state index contributed by atoms with van der Waals surface area (Å²) in [4.78, 5) is 9.63. The first-order chi connectivity index (χ1) is 11.6. The number of hydrogen-bond donors (Lipinski definition) is 3. The number of nitrogens with one attached hydrogen (secondary N) is 1. The topological polar surface area (TPSA) is 94.9 Å². The lowest BCUT2D eigenvalue weighted by molar-refractivity contribution is -0.0238. The maximum atomic E-state index is 6.25. The van der Waals surface area contributed by atoms with E-state index in [-0.39, 0.29) is 12.2 Å². The summed E-state index contributed by atoms with van der Waals surface area (Å²) in [6, 6.07) is 6.87. The van der Waals surface area contributed by atoms with Crippen LogP contribution in [0, 0.1) is 0 Å². The lowest BCUT2D eigenvalue weighted by atomic mass is 9.97. The molecule has 0 radical (unpaired) electrons. The quantitative estimate of drug-likeness (QED) is 0.441. The number of piperidine rings is 1. The van der Waals surface area contributed by atoms with Gasteiger partial charge in [0.25, 0.3) is 0 Å². The van der Waals surface area contributed by atoms with Gasteiger partial charge in [0.15, 0.2) is 0 Å². The molecule has 0 unspecified atom stereocenters. The molecule has 2 heterocycles. The van der Waals surface area contributed by atoms with Crippen LogP contribution < -0.4 is 21.7 Å². The lowest BCUT2D eigenvalue weighted by Gasteiger charge is -2.29. The molecular formula is C18H28N4O2. The standard InChI is InChI=1S/C18H28N4O2/c1-11-9-15(7-8-21-11)22-18(19)14-4-6-17-13(10-14)3-5-16(23-17)12(2)24-20/h4,6,10-12,15-16,21H,3,5,7-9,20H2,1-2H3,(H2,19,22)/t11-,12+,15-,16-/m1/s1. The van der Waals surface area contributed by atoms with Crippen LogP contribution in [0.25, 0.3) is 0 Å². The van der Waals surface area contributed by atoms with Crippen molar-refractivity contribution in [3.05, 3.63) is 29.3 Å². The van der Waals surface area contributed by atoms with Crippen LogP contribution in [-0.2, 0) is 11.3 Å². The Morgan fingerprint density at radius 2 is 2.25 bits per heavy atom. The summed E-state index contributed by atoms with van der Waals surface area (Å²) in [6.45, 7) is 5.12. The minimum absolute atomic E-state index is 0.00408. The van der Waals surface area contributed by atoms with Gasteiger partial charge in [0.05, 0.1) is 6.04 Å². The minimum Gasteiger partial charge on any atom is -0.487 e. The third-order valence-electron chi connectivity index (χ3n) is 4.99. The van der Waals surface area contributed by atoms with Gasteiger partial charge >= 0.3 is 0 Å². The normalized spacial score (nSPS) is 28.8. The molecule has 2 aliphatic heterocycles. The Labute approximate surface area is 143 Å². The summed E-state index contributed by atoms with van der Waals surface area (Å²) in [7, 11) is 0. The average molecular weight is 332 g/mol. The van der Waals surface area contributed by atoms with E-state index in [9.17, 15) is 0 Å². The number of aliphatic imine (C=N–C) groups is 1. The van der Waals surface area contributed by atoms with Crippen LogP contribution in [0.2, 0.25) is 0 Å². The Balaban J connectivity index is 1.72. The van der Waals surface area contributed by atoms with Crippen LogP contribution in [-0.4, -0.2) is 36.7 Å². The molecule has 3 rings (SSSR count). The molecule has 1 aromatic carbocycles. The third kappa shape index (κ3) is 3.88. The lowest BCUT2D eigenvalue weighted by Crippen LogP contribution is -2.38. The van der Waals surface area contributed by atoms with Gasteiger partial charge in [-0.1, -0.05) is 0 Å². The first-order valence-corrected chi connectivity index (χ1v) is 8.79. The minimum atomic E-state index is -0.119. The van der Waals surface area contributed by atoms with E-state index in [0.717, 1.165) is 43.5 Å². The van der Waals surface area contributed by atoms with Gasteiger partial charge in [-0.25, -0.2) is 5.90 Å². The van der Waals surface area contributed by atoms with Crippen LogP contribution in [0.4, 0.5) is 0 Å². The van der Waals surface area contributed by atoms with Crippen molar-refractivity contribution >= 4 is 5.84 Å². The first-order valence-electron chi connectivity index (χ1n) is 8.79. The van der Waals surface area contributed by atoms with Gasteiger partial charge < -0.3 is 15.8 Å². The van der Waals surface area contributed by atoms with Crippen molar-refractivity contribution < 1.29 is 9.57 Å². The summed E-state index contributed by atoms with van der Waals surface area (Å²) in [5, 5.41) is 3.44. The van der Waals surface area contributed by atoms with Crippen LogP contribution in [0.5, 0.6) is 5.75 Å². The predicted molar refractivity (Wildman–Crippen MR) is 95.1 cm³/mol. The van der Waals surface area contributed by atoms with Crippen LogP contribution in [0.3, 0.4) is 0 Å². The summed E-state index contributed by atoms with van der Waals surface area (Å²) >= 11 is 0. The van der Waals surface area contributed by atoms with Crippen LogP contribution in [0.15, 0.2) is 23.2 Å². The zero-order valence-corrected chi connectivity index (χ0v) is 14.5. The molecule has 1 fully saturated rings. The first kappa shape index (κ1) is 17.2. The molecule has 1 saturated heterocycles. The molecule has 0 saturated carbocycles. The number of benzene rings is 1. The molecule has 4 atom stereocenters. The zero-order chi connectivity index (χ0) is 17.1. The van der Waals surface area contributed by atoms with E-state index in [2.05, 4.69) is 18.3 Å². The third-order valence-corrected chi connectivity index (χ3v) is 4.99. The van der Waals surface area contributed by atoms with Gasteiger partial charge in [0, 0.05) is 11.6 Å². The largest absolute Gasteiger partial charge is 0.487 e. The van der Waals surface area contributed by atoms with E-state index >= 15 is 0 Å². The molecule has 2 aliphatic rings. The smallest absolute Gasteiger partial charge is 0.127 e. The number of fused-ring (bicyclic) bond motifs is 1. The van der Waals surface area contributed by atoms with Crippen molar-refractivity contribution in [3.8, 4) is 5.75 Å². The van der Waals surface area contributed by atoms with Gasteiger partial charge in [-0.3, -0.25) is 9.83 Å².